The van der Waals surface area contributed by atoms with Gasteiger partial charge < -0.3 is 15.5 Å². The topological polar surface area (TPSA) is 61.4 Å². The Balaban J connectivity index is 2.01. The number of nitrogens with zero attached hydrogens (tertiary/aromatic N) is 1. The molecular formula is C11H21N3O2. The van der Waals surface area contributed by atoms with E-state index in [0.717, 1.165) is 25.8 Å². The lowest BCUT2D eigenvalue weighted by molar-refractivity contribution is -0.122. The zero-order valence-corrected chi connectivity index (χ0v) is 10.1. The van der Waals surface area contributed by atoms with Gasteiger partial charge in [0.25, 0.3) is 0 Å². The summed E-state index contributed by atoms with van der Waals surface area (Å²) < 4.78 is 0. The van der Waals surface area contributed by atoms with Crippen LogP contribution in [0.5, 0.6) is 0 Å². The summed E-state index contributed by atoms with van der Waals surface area (Å²) in [6.45, 7) is 3.78. The summed E-state index contributed by atoms with van der Waals surface area (Å²) in [5.41, 5.74) is 0. The Hall–Kier alpha value is -1.26. The van der Waals surface area contributed by atoms with Gasteiger partial charge in [-0.3, -0.25) is 4.79 Å². The van der Waals surface area contributed by atoms with Gasteiger partial charge in [-0.05, 0) is 19.3 Å². The Morgan fingerprint density at radius 1 is 1.25 bits per heavy atom. The molecule has 0 bridgehead atoms. The van der Waals surface area contributed by atoms with Gasteiger partial charge in [-0.1, -0.05) is 6.92 Å². The van der Waals surface area contributed by atoms with Crippen LogP contribution in [0, 0.1) is 5.92 Å². The third-order valence-electron chi connectivity index (χ3n) is 2.55. The SMILES string of the molecule is CCCN(C)C(=O)NCCNC(=O)C1CC1. The molecule has 0 atom stereocenters. The number of amides is 3. The van der Waals surface area contributed by atoms with Gasteiger partial charge in [0.2, 0.25) is 5.91 Å². The van der Waals surface area contributed by atoms with E-state index in [1.165, 1.54) is 0 Å². The Morgan fingerprint density at radius 2 is 1.88 bits per heavy atom. The molecule has 0 aromatic heterocycles. The van der Waals surface area contributed by atoms with Crippen molar-refractivity contribution in [2.75, 3.05) is 26.7 Å². The van der Waals surface area contributed by atoms with Gasteiger partial charge in [0.1, 0.15) is 0 Å². The molecule has 0 radical (unpaired) electrons. The normalized spacial score (nSPS) is 14.4. The molecule has 92 valence electrons. The molecule has 2 N–H and O–H groups in total. The van der Waals surface area contributed by atoms with Crippen LogP contribution in [0.15, 0.2) is 0 Å². The molecule has 0 spiro atoms. The molecule has 0 aromatic rings. The molecule has 1 saturated carbocycles. The van der Waals surface area contributed by atoms with Crippen molar-refractivity contribution in [1.82, 2.24) is 15.5 Å². The number of hydrogen-bond donors (Lipinski definition) is 2. The molecule has 3 amide bonds. The molecule has 0 aromatic carbocycles. The Bertz CT molecular complexity index is 252. The van der Waals surface area contributed by atoms with E-state index in [4.69, 9.17) is 0 Å². The van der Waals surface area contributed by atoms with Crippen molar-refractivity contribution >= 4 is 11.9 Å². The lowest BCUT2D eigenvalue weighted by Crippen LogP contribution is -2.41. The summed E-state index contributed by atoms with van der Waals surface area (Å²) in [6, 6.07) is -0.0810. The van der Waals surface area contributed by atoms with Crippen molar-refractivity contribution in [2.24, 2.45) is 5.92 Å². The van der Waals surface area contributed by atoms with E-state index in [0.29, 0.717) is 13.1 Å². The quantitative estimate of drug-likeness (QED) is 0.651. The first-order valence-corrected chi connectivity index (χ1v) is 5.91. The fourth-order valence-corrected chi connectivity index (χ4v) is 1.42. The van der Waals surface area contributed by atoms with Crippen molar-refractivity contribution in [2.45, 2.75) is 26.2 Å². The summed E-state index contributed by atoms with van der Waals surface area (Å²) in [5, 5.41) is 5.55. The molecule has 5 nitrogen and oxygen atoms in total. The zero-order valence-electron chi connectivity index (χ0n) is 10.1. The number of urea groups is 1. The van der Waals surface area contributed by atoms with Crippen molar-refractivity contribution in [3.63, 3.8) is 0 Å². The van der Waals surface area contributed by atoms with Crippen molar-refractivity contribution in [1.29, 1.82) is 0 Å². The van der Waals surface area contributed by atoms with Gasteiger partial charge in [0, 0.05) is 32.6 Å². The van der Waals surface area contributed by atoms with E-state index in [2.05, 4.69) is 10.6 Å². The number of hydrogen-bond acceptors (Lipinski definition) is 2. The van der Waals surface area contributed by atoms with E-state index in [1.54, 1.807) is 11.9 Å². The highest BCUT2D eigenvalue weighted by atomic mass is 16.2. The second-order valence-electron chi connectivity index (χ2n) is 4.22. The van der Waals surface area contributed by atoms with E-state index >= 15 is 0 Å². The maximum atomic E-state index is 11.4. The summed E-state index contributed by atoms with van der Waals surface area (Å²) in [6.07, 6.45) is 2.97. The van der Waals surface area contributed by atoms with E-state index < -0.39 is 0 Å². The largest absolute Gasteiger partial charge is 0.354 e. The van der Waals surface area contributed by atoms with Gasteiger partial charge in [-0.2, -0.15) is 0 Å². The minimum atomic E-state index is -0.0810. The summed E-state index contributed by atoms with van der Waals surface area (Å²) in [5.74, 6) is 0.356. The van der Waals surface area contributed by atoms with E-state index in [9.17, 15) is 9.59 Å². The first-order chi connectivity index (χ1) is 7.65. The minimum absolute atomic E-state index is 0.0810. The van der Waals surface area contributed by atoms with Crippen LogP contribution in [0.25, 0.3) is 0 Å². The van der Waals surface area contributed by atoms with Crippen molar-refractivity contribution in [3.05, 3.63) is 0 Å². The molecule has 16 heavy (non-hydrogen) atoms. The Morgan fingerprint density at radius 3 is 2.44 bits per heavy atom. The summed E-state index contributed by atoms with van der Waals surface area (Å²) in [7, 11) is 1.77. The highest BCUT2D eigenvalue weighted by Gasteiger charge is 2.28. The van der Waals surface area contributed by atoms with Crippen molar-refractivity contribution < 1.29 is 9.59 Å². The number of carbonyl (C=O) groups excluding carboxylic acids is 2. The molecule has 1 rings (SSSR count). The van der Waals surface area contributed by atoms with Crippen LogP contribution in [0.4, 0.5) is 4.79 Å². The predicted molar refractivity (Wildman–Crippen MR) is 62.1 cm³/mol. The average Bonchev–Trinajstić information content (AvgIpc) is 3.07. The van der Waals surface area contributed by atoms with Gasteiger partial charge in [-0.15, -0.1) is 0 Å². The van der Waals surface area contributed by atoms with Crippen LogP contribution in [0.1, 0.15) is 26.2 Å². The molecule has 1 aliphatic carbocycles. The van der Waals surface area contributed by atoms with Gasteiger partial charge in [-0.25, -0.2) is 4.79 Å². The second-order valence-corrected chi connectivity index (χ2v) is 4.22. The maximum Gasteiger partial charge on any atom is 0.317 e. The summed E-state index contributed by atoms with van der Waals surface area (Å²) >= 11 is 0. The lowest BCUT2D eigenvalue weighted by atomic mass is 10.4. The van der Waals surface area contributed by atoms with Crippen LogP contribution < -0.4 is 10.6 Å². The second kappa shape index (κ2) is 6.35. The fraction of sp³-hybridized carbons (Fsp3) is 0.818. The number of carbonyl (C=O) groups is 2. The molecule has 0 saturated heterocycles. The van der Waals surface area contributed by atoms with Crippen LogP contribution >= 0.6 is 0 Å². The maximum absolute atomic E-state index is 11.4. The smallest absolute Gasteiger partial charge is 0.317 e. The predicted octanol–water partition coefficient (Wildman–Crippen LogP) is 0.564. The number of rotatable bonds is 6. The van der Waals surface area contributed by atoms with Gasteiger partial charge in [0.15, 0.2) is 0 Å². The third-order valence-corrected chi connectivity index (χ3v) is 2.55. The van der Waals surface area contributed by atoms with Crippen LogP contribution in [0.2, 0.25) is 0 Å². The Kier molecular flexibility index (Phi) is 5.08. The molecule has 5 heteroatoms. The number of nitrogens with one attached hydrogen (secondary N) is 2. The fourth-order valence-electron chi connectivity index (χ4n) is 1.42. The third kappa shape index (κ3) is 4.51. The first kappa shape index (κ1) is 12.8. The highest BCUT2D eigenvalue weighted by Crippen LogP contribution is 2.28. The van der Waals surface area contributed by atoms with Crippen LogP contribution in [-0.2, 0) is 4.79 Å². The molecule has 0 aliphatic heterocycles. The molecule has 1 aliphatic rings. The minimum Gasteiger partial charge on any atom is -0.354 e. The Labute approximate surface area is 96.6 Å². The average molecular weight is 227 g/mol. The van der Waals surface area contributed by atoms with E-state index in [-0.39, 0.29) is 17.9 Å². The zero-order chi connectivity index (χ0) is 12.0. The highest BCUT2D eigenvalue weighted by molar-refractivity contribution is 5.80. The molecular weight excluding hydrogens is 206 g/mol. The van der Waals surface area contributed by atoms with Gasteiger partial charge >= 0.3 is 6.03 Å². The van der Waals surface area contributed by atoms with Crippen molar-refractivity contribution in [3.8, 4) is 0 Å². The van der Waals surface area contributed by atoms with E-state index in [1.807, 2.05) is 6.92 Å². The van der Waals surface area contributed by atoms with Crippen LogP contribution in [-0.4, -0.2) is 43.5 Å². The molecule has 0 unspecified atom stereocenters. The van der Waals surface area contributed by atoms with Gasteiger partial charge in [0.05, 0.1) is 0 Å². The van der Waals surface area contributed by atoms with Crippen LogP contribution in [0.3, 0.4) is 0 Å². The summed E-state index contributed by atoms with van der Waals surface area (Å²) in [4.78, 5) is 24.3. The monoisotopic (exact) mass is 227 g/mol. The standard InChI is InChI=1S/C11H21N3O2/c1-3-8-14(2)11(16)13-7-6-12-10(15)9-4-5-9/h9H,3-8H2,1-2H3,(H,12,15)(H,13,16). The molecule has 1 fully saturated rings. The lowest BCUT2D eigenvalue weighted by Gasteiger charge is -2.16. The first-order valence-electron chi connectivity index (χ1n) is 5.91. The molecule has 0 heterocycles.